The summed E-state index contributed by atoms with van der Waals surface area (Å²) in [6.07, 6.45) is 4.04. The van der Waals surface area contributed by atoms with Crippen LogP contribution in [0.3, 0.4) is 0 Å². The maximum absolute atomic E-state index is 13.1. The summed E-state index contributed by atoms with van der Waals surface area (Å²) >= 11 is 12.2. The first kappa shape index (κ1) is 22.6. The minimum atomic E-state index is -3.54. The zero-order valence-electron chi connectivity index (χ0n) is 17.4. The minimum Gasteiger partial charge on any atom is -0.349 e. The van der Waals surface area contributed by atoms with E-state index in [0.29, 0.717) is 40.9 Å². The number of hydrogen-bond acceptors (Lipinski definition) is 3. The van der Waals surface area contributed by atoms with E-state index in [2.05, 4.69) is 5.32 Å². The summed E-state index contributed by atoms with van der Waals surface area (Å²) in [4.78, 5) is 13.1. The fourth-order valence-corrected chi connectivity index (χ4v) is 6.57. The number of nitrogens with one attached hydrogen (secondary N) is 1. The van der Waals surface area contributed by atoms with Crippen molar-refractivity contribution in [3.05, 3.63) is 63.1 Å². The van der Waals surface area contributed by atoms with Gasteiger partial charge in [-0.1, -0.05) is 35.3 Å². The van der Waals surface area contributed by atoms with Crippen molar-refractivity contribution in [3.8, 4) is 0 Å². The number of carbonyl (C=O) groups excluding carboxylic acids is 1. The van der Waals surface area contributed by atoms with Crippen LogP contribution in [0.5, 0.6) is 0 Å². The molecule has 2 aliphatic rings. The summed E-state index contributed by atoms with van der Waals surface area (Å²) in [7, 11) is -3.54. The summed E-state index contributed by atoms with van der Waals surface area (Å²) < 4.78 is 27.7. The fourth-order valence-electron chi connectivity index (χ4n) is 4.48. The molecule has 0 unspecified atom stereocenters. The number of rotatable bonds is 5. The van der Waals surface area contributed by atoms with Crippen LogP contribution in [0.1, 0.15) is 48.9 Å². The second kappa shape index (κ2) is 9.10. The van der Waals surface area contributed by atoms with Gasteiger partial charge in [0.05, 0.1) is 10.9 Å². The smallest absolute Gasteiger partial charge is 0.243 e. The van der Waals surface area contributed by atoms with Crippen molar-refractivity contribution >= 4 is 39.1 Å². The third-order valence-electron chi connectivity index (χ3n) is 6.32. The molecule has 2 aromatic rings. The molecule has 1 fully saturated rings. The van der Waals surface area contributed by atoms with Gasteiger partial charge in [0, 0.05) is 29.1 Å². The number of nitrogens with zero attached hydrogens (tertiary/aromatic N) is 1. The van der Waals surface area contributed by atoms with Crippen molar-refractivity contribution in [2.75, 3.05) is 13.1 Å². The first-order valence-electron chi connectivity index (χ1n) is 10.6. The number of hydrogen-bond donors (Lipinski definition) is 1. The lowest BCUT2D eigenvalue weighted by Crippen LogP contribution is -2.43. The van der Waals surface area contributed by atoms with Gasteiger partial charge in [-0.3, -0.25) is 4.79 Å². The highest BCUT2D eigenvalue weighted by Crippen LogP contribution is 2.30. The third-order valence-corrected chi connectivity index (χ3v) is 8.78. The van der Waals surface area contributed by atoms with Gasteiger partial charge in [0.1, 0.15) is 0 Å². The SMILES string of the molecule is C[C@@H](NC(=O)C1CCN(S(=O)(=O)c2ccc3c(c2)CCC3)CC1)c1ccc(Cl)cc1Cl. The molecule has 5 nitrogen and oxygen atoms in total. The maximum atomic E-state index is 13.1. The van der Waals surface area contributed by atoms with Crippen molar-refractivity contribution in [2.45, 2.75) is 50.0 Å². The molecule has 0 radical (unpaired) electrons. The van der Waals surface area contributed by atoms with Crippen LogP contribution in [-0.2, 0) is 27.7 Å². The van der Waals surface area contributed by atoms with E-state index in [1.807, 2.05) is 19.1 Å². The lowest BCUT2D eigenvalue weighted by Gasteiger charge is -2.31. The number of halogens is 2. The van der Waals surface area contributed by atoms with E-state index in [0.717, 1.165) is 30.4 Å². The Bertz CT molecular complexity index is 1100. The van der Waals surface area contributed by atoms with Gasteiger partial charge in [0.15, 0.2) is 0 Å². The number of piperidine rings is 1. The monoisotopic (exact) mass is 480 g/mol. The van der Waals surface area contributed by atoms with Crippen LogP contribution >= 0.6 is 23.2 Å². The Hall–Kier alpha value is -1.60. The van der Waals surface area contributed by atoms with Crippen molar-refractivity contribution in [1.82, 2.24) is 9.62 Å². The highest BCUT2D eigenvalue weighted by atomic mass is 35.5. The second-order valence-electron chi connectivity index (χ2n) is 8.36. The van der Waals surface area contributed by atoms with E-state index in [1.54, 1.807) is 24.3 Å². The lowest BCUT2D eigenvalue weighted by atomic mass is 9.96. The van der Waals surface area contributed by atoms with Gasteiger partial charge in [0.2, 0.25) is 15.9 Å². The van der Waals surface area contributed by atoms with Crippen molar-refractivity contribution in [3.63, 3.8) is 0 Å². The molecule has 8 heteroatoms. The van der Waals surface area contributed by atoms with Gasteiger partial charge in [-0.2, -0.15) is 4.31 Å². The van der Waals surface area contributed by atoms with Gasteiger partial charge in [-0.25, -0.2) is 8.42 Å². The average molecular weight is 481 g/mol. The van der Waals surface area contributed by atoms with Crippen LogP contribution < -0.4 is 5.32 Å². The van der Waals surface area contributed by atoms with Gasteiger partial charge in [-0.15, -0.1) is 0 Å². The number of amides is 1. The van der Waals surface area contributed by atoms with E-state index in [-0.39, 0.29) is 17.9 Å². The highest BCUT2D eigenvalue weighted by Gasteiger charge is 2.33. The molecule has 0 bridgehead atoms. The first-order valence-corrected chi connectivity index (χ1v) is 12.8. The van der Waals surface area contributed by atoms with Gasteiger partial charge < -0.3 is 5.32 Å². The molecule has 166 valence electrons. The van der Waals surface area contributed by atoms with Crippen molar-refractivity contribution < 1.29 is 13.2 Å². The summed E-state index contributed by atoms with van der Waals surface area (Å²) in [5.41, 5.74) is 3.20. The predicted octanol–water partition coefficient (Wildman–Crippen LogP) is 4.76. The van der Waals surface area contributed by atoms with Crippen LogP contribution in [0, 0.1) is 5.92 Å². The molecule has 0 saturated carbocycles. The van der Waals surface area contributed by atoms with E-state index < -0.39 is 10.0 Å². The fraction of sp³-hybridized carbons (Fsp3) is 0.435. The molecule has 1 N–H and O–H groups in total. The molecular formula is C23H26Cl2N2O3S. The van der Waals surface area contributed by atoms with E-state index in [9.17, 15) is 13.2 Å². The summed E-state index contributed by atoms with van der Waals surface area (Å²) in [6, 6.07) is 10.4. The third kappa shape index (κ3) is 4.77. The Labute approximate surface area is 193 Å². The predicted molar refractivity (Wildman–Crippen MR) is 123 cm³/mol. The van der Waals surface area contributed by atoms with Crippen LogP contribution in [0.25, 0.3) is 0 Å². The molecule has 0 aromatic heterocycles. The highest BCUT2D eigenvalue weighted by molar-refractivity contribution is 7.89. The molecule has 0 spiro atoms. The first-order chi connectivity index (χ1) is 14.8. The number of fused-ring (bicyclic) bond motifs is 1. The summed E-state index contributed by atoms with van der Waals surface area (Å²) in [5.74, 6) is -0.298. The quantitative estimate of drug-likeness (QED) is 0.670. The topological polar surface area (TPSA) is 66.5 Å². The molecule has 1 saturated heterocycles. The summed E-state index contributed by atoms with van der Waals surface area (Å²) in [6.45, 7) is 2.56. The van der Waals surface area contributed by atoms with Crippen LogP contribution in [0.2, 0.25) is 10.0 Å². The molecule has 31 heavy (non-hydrogen) atoms. The van der Waals surface area contributed by atoms with Crippen LogP contribution in [-0.4, -0.2) is 31.7 Å². The van der Waals surface area contributed by atoms with Crippen molar-refractivity contribution in [1.29, 1.82) is 0 Å². The van der Waals surface area contributed by atoms with Gasteiger partial charge in [0.25, 0.3) is 0 Å². The van der Waals surface area contributed by atoms with Crippen molar-refractivity contribution in [2.24, 2.45) is 5.92 Å². The Kier molecular flexibility index (Phi) is 6.63. The number of benzene rings is 2. The minimum absolute atomic E-state index is 0.0758. The Morgan fingerprint density at radius 3 is 2.48 bits per heavy atom. The van der Waals surface area contributed by atoms with Gasteiger partial charge >= 0.3 is 0 Å². The lowest BCUT2D eigenvalue weighted by molar-refractivity contribution is -0.126. The normalized spacial score (nSPS) is 18.5. The van der Waals surface area contributed by atoms with Gasteiger partial charge in [-0.05, 0) is 80.0 Å². The second-order valence-corrected chi connectivity index (χ2v) is 11.1. The number of sulfonamides is 1. The Balaban J connectivity index is 1.37. The molecule has 1 heterocycles. The maximum Gasteiger partial charge on any atom is 0.243 e. The Morgan fingerprint density at radius 1 is 1.06 bits per heavy atom. The van der Waals surface area contributed by atoms with E-state index in [4.69, 9.17) is 23.2 Å². The number of aryl methyl sites for hydroxylation is 2. The zero-order valence-corrected chi connectivity index (χ0v) is 19.7. The van der Waals surface area contributed by atoms with Crippen LogP contribution in [0.15, 0.2) is 41.3 Å². The van der Waals surface area contributed by atoms with E-state index >= 15 is 0 Å². The largest absolute Gasteiger partial charge is 0.349 e. The Morgan fingerprint density at radius 2 is 1.77 bits per heavy atom. The molecule has 1 aliphatic carbocycles. The average Bonchev–Trinajstić information content (AvgIpc) is 3.21. The molecule has 1 amide bonds. The number of carbonyl (C=O) groups is 1. The van der Waals surface area contributed by atoms with E-state index in [1.165, 1.54) is 9.87 Å². The molecule has 4 rings (SSSR count). The molecular weight excluding hydrogens is 455 g/mol. The standard InChI is InChI=1S/C23H26Cl2N2O3S/c1-15(21-8-6-19(24)14-22(21)25)26-23(28)17-9-11-27(12-10-17)31(29,30)20-7-5-16-3-2-4-18(16)13-20/h5-8,13-15,17H,2-4,9-12H2,1H3,(H,26,28)/t15-/m1/s1. The molecule has 2 aromatic carbocycles. The zero-order chi connectivity index (χ0) is 22.2. The molecule has 1 atom stereocenters. The van der Waals surface area contributed by atoms with Crippen LogP contribution in [0.4, 0.5) is 0 Å². The molecule has 1 aliphatic heterocycles. The summed E-state index contributed by atoms with van der Waals surface area (Å²) in [5, 5.41) is 4.06.